The number of likely N-dealkylation sites (tertiary alicyclic amines) is 1. The Morgan fingerprint density at radius 3 is 2.90 bits per heavy atom. The molecule has 0 radical (unpaired) electrons. The maximum atomic E-state index is 13.4. The summed E-state index contributed by atoms with van der Waals surface area (Å²) in [6.45, 7) is 4.64. The summed E-state index contributed by atoms with van der Waals surface area (Å²) in [6.07, 6.45) is 3.56. The van der Waals surface area contributed by atoms with Crippen molar-refractivity contribution in [1.29, 1.82) is 0 Å². The highest BCUT2D eigenvalue weighted by Crippen LogP contribution is 2.28. The number of piperidine rings is 1. The molecule has 1 heterocycles. The number of nitrogens with zero attached hydrogens (tertiary/aromatic N) is 1. The molecule has 1 aromatic carbocycles. The summed E-state index contributed by atoms with van der Waals surface area (Å²) >= 11 is 0. The van der Waals surface area contributed by atoms with Crippen LogP contribution in [0.2, 0.25) is 0 Å². The van der Waals surface area contributed by atoms with Gasteiger partial charge in [-0.1, -0.05) is 13.3 Å². The van der Waals surface area contributed by atoms with Gasteiger partial charge in [0.05, 0.1) is 7.11 Å². The van der Waals surface area contributed by atoms with Crippen molar-refractivity contribution >= 4 is 0 Å². The highest BCUT2D eigenvalue weighted by Gasteiger charge is 2.27. The Labute approximate surface area is 120 Å². The van der Waals surface area contributed by atoms with Gasteiger partial charge in [0.1, 0.15) is 11.6 Å². The van der Waals surface area contributed by atoms with Gasteiger partial charge in [-0.3, -0.25) is 4.90 Å². The molecule has 0 saturated carbocycles. The smallest absolute Gasteiger partial charge is 0.123 e. The van der Waals surface area contributed by atoms with Crippen LogP contribution in [0.5, 0.6) is 5.75 Å². The lowest BCUT2D eigenvalue weighted by molar-refractivity contribution is 0.106. The molecule has 0 bridgehead atoms. The molecular formula is C16H25FN2O. The van der Waals surface area contributed by atoms with Crippen molar-refractivity contribution in [2.24, 2.45) is 11.7 Å². The van der Waals surface area contributed by atoms with Crippen LogP contribution in [0, 0.1) is 11.7 Å². The maximum Gasteiger partial charge on any atom is 0.123 e. The summed E-state index contributed by atoms with van der Waals surface area (Å²) < 4.78 is 18.8. The Hall–Kier alpha value is -1.13. The van der Waals surface area contributed by atoms with E-state index in [9.17, 15) is 4.39 Å². The SMILES string of the molecule is CCC1CCN(Cc2cc(F)ccc2OC)C(CN)C1. The van der Waals surface area contributed by atoms with Crippen molar-refractivity contribution in [3.63, 3.8) is 0 Å². The maximum absolute atomic E-state index is 13.4. The molecule has 1 fully saturated rings. The molecule has 20 heavy (non-hydrogen) atoms. The van der Waals surface area contributed by atoms with Crippen molar-refractivity contribution in [2.45, 2.75) is 38.8 Å². The van der Waals surface area contributed by atoms with Gasteiger partial charge >= 0.3 is 0 Å². The summed E-state index contributed by atoms with van der Waals surface area (Å²) in [4.78, 5) is 2.36. The lowest BCUT2D eigenvalue weighted by Crippen LogP contribution is -2.46. The molecule has 0 aliphatic carbocycles. The monoisotopic (exact) mass is 280 g/mol. The predicted molar refractivity (Wildman–Crippen MR) is 79.2 cm³/mol. The first-order valence-electron chi connectivity index (χ1n) is 7.44. The first-order valence-corrected chi connectivity index (χ1v) is 7.44. The van der Waals surface area contributed by atoms with Gasteiger partial charge in [0.15, 0.2) is 0 Å². The predicted octanol–water partition coefficient (Wildman–Crippen LogP) is 2.78. The van der Waals surface area contributed by atoms with Gasteiger partial charge < -0.3 is 10.5 Å². The van der Waals surface area contributed by atoms with E-state index in [1.54, 1.807) is 19.2 Å². The van der Waals surface area contributed by atoms with E-state index in [2.05, 4.69) is 11.8 Å². The zero-order valence-electron chi connectivity index (χ0n) is 12.4. The van der Waals surface area contributed by atoms with Gasteiger partial charge in [-0.05, 0) is 43.5 Å². The van der Waals surface area contributed by atoms with Gasteiger partial charge in [-0.25, -0.2) is 4.39 Å². The van der Waals surface area contributed by atoms with E-state index in [1.165, 1.54) is 18.9 Å². The second-order valence-corrected chi connectivity index (χ2v) is 5.61. The number of ether oxygens (including phenoxy) is 1. The molecule has 0 aromatic heterocycles. The third-order valence-electron chi connectivity index (χ3n) is 4.41. The molecule has 1 aliphatic rings. The fraction of sp³-hybridized carbons (Fsp3) is 0.625. The second-order valence-electron chi connectivity index (χ2n) is 5.61. The van der Waals surface area contributed by atoms with E-state index in [0.29, 0.717) is 19.1 Å². The van der Waals surface area contributed by atoms with Gasteiger partial charge in [0, 0.05) is 24.7 Å². The zero-order valence-corrected chi connectivity index (χ0v) is 12.4. The lowest BCUT2D eigenvalue weighted by Gasteiger charge is -2.39. The van der Waals surface area contributed by atoms with E-state index >= 15 is 0 Å². The van der Waals surface area contributed by atoms with Crippen molar-refractivity contribution in [1.82, 2.24) is 4.90 Å². The van der Waals surface area contributed by atoms with Crippen LogP contribution in [0.3, 0.4) is 0 Å². The minimum Gasteiger partial charge on any atom is -0.496 e. The Morgan fingerprint density at radius 1 is 1.45 bits per heavy atom. The van der Waals surface area contributed by atoms with Crippen LogP contribution >= 0.6 is 0 Å². The third-order valence-corrected chi connectivity index (χ3v) is 4.41. The van der Waals surface area contributed by atoms with Crippen molar-refractivity contribution in [3.8, 4) is 5.75 Å². The molecule has 2 atom stereocenters. The average Bonchev–Trinajstić information content (AvgIpc) is 2.48. The number of hydrogen-bond donors (Lipinski definition) is 1. The van der Waals surface area contributed by atoms with Gasteiger partial charge in [-0.2, -0.15) is 0 Å². The normalized spacial score (nSPS) is 23.8. The van der Waals surface area contributed by atoms with Crippen molar-refractivity contribution < 1.29 is 9.13 Å². The van der Waals surface area contributed by atoms with Crippen LogP contribution in [0.1, 0.15) is 31.7 Å². The minimum atomic E-state index is -0.214. The van der Waals surface area contributed by atoms with E-state index in [-0.39, 0.29) is 5.82 Å². The number of rotatable bonds is 5. The third kappa shape index (κ3) is 3.49. The minimum absolute atomic E-state index is 0.214. The van der Waals surface area contributed by atoms with Crippen LogP contribution in [0.25, 0.3) is 0 Å². The Morgan fingerprint density at radius 2 is 2.25 bits per heavy atom. The number of nitrogens with two attached hydrogens (primary N) is 1. The first-order chi connectivity index (χ1) is 9.67. The Kier molecular flexibility index (Phi) is 5.38. The van der Waals surface area contributed by atoms with Crippen LogP contribution in [0.4, 0.5) is 4.39 Å². The van der Waals surface area contributed by atoms with E-state index in [4.69, 9.17) is 10.5 Å². The van der Waals surface area contributed by atoms with E-state index in [0.717, 1.165) is 30.2 Å². The molecule has 1 aliphatic heterocycles. The fourth-order valence-electron chi connectivity index (χ4n) is 3.10. The molecule has 3 nitrogen and oxygen atoms in total. The van der Waals surface area contributed by atoms with Crippen LogP contribution < -0.4 is 10.5 Å². The Bertz CT molecular complexity index is 438. The van der Waals surface area contributed by atoms with E-state index < -0.39 is 0 Å². The molecule has 4 heteroatoms. The molecule has 1 aromatic rings. The number of hydrogen-bond acceptors (Lipinski definition) is 3. The number of methoxy groups -OCH3 is 1. The summed E-state index contributed by atoms with van der Waals surface area (Å²) in [5, 5.41) is 0. The van der Waals surface area contributed by atoms with Crippen molar-refractivity contribution in [3.05, 3.63) is 29.6 Å². The number of benzene rings is 1. The van der Waals surface area contributed by atoms with Crippen LogP contribution in [-0.2, 0) is 6.54 Å². The standard InChI is InChI=1S/C16H25FN2O/c1-3-12-6-7-19(15(8-12)10-18)11-13-9-14(17)4-5-16(13)20-2/h4-5,9,12,15H,3,6-8,10-11,18H2,1-2H3. The molecule has 112 valence electrons. The summed E-state index contributed by atoms with van der Waals surface area (Å²) in [7, 11) is 1.63. The highest BCUT2D eigenvalue weighted by molar-refractivity contribution is 5.34. The van der Waals surface area contributed by atoms with E-state index in [1.807, 2.05) is 0 Å². The number of halogens is 1. The topological polar surface area (TPSA) is 38.5 Å². The molecule has 2 rings (SSSR count). The van der Waals surface area contributed by atoms with Crippen LogP contribution in [-0.4, -0.2) is 31.1 Å². The highest BCUT2D eigenvalue weighted by atomic mass is 19.1. The molecule has 0 spiro atoms. The second kappa shape index (κ2) is 7.04. The molecular weight excluding hydrogens is 255 g/mol. The average molecular weight is 280 g/mol. The largest absolute Gasteiger partial charge is 0.496 e. The quantitative estimate of drug-likeness (QED) is 0.901. The van der Waals surface area contributed by atoms with Gasteiger partial charge in [-0.15, -0.1) is 0 Å². The van der Waals surface area contributed by atoms with Crippen molar-refractivity contribution in [2.75, 3.05) is 20.2 Å². The van der Waals surface area contributed by atoms with Gasteiger partial charge in [0.25, 0.3) is 0 Å². The first kappa shape index (κ1) is 15.3. The van der Waals surface area contributed by atoms with Gasteiger partial charge in [0.2, 0.25) is 0 Å². The summed E-state index contributed by atoms with van der Waals surface area (Å²) in [6, 6.07) is 5.09. The molecule has 1 saturated heterocycles. The summed E-state index contributed by atoms with van der Waals surface area (Å²) in [5.74, 6) is 1.31. The molecule has 2 unspecified atom stereocenters. The molecule has 2 N–H and O–H groups in total. The van der Waals surface area contributed by atoms with Crippen LogP contribution in [0.15, 0.2) is 18.2 Å². The Balaban J connectivity index is 2.10. The fourth-order valence-corrected chi connectivity index (χ4v) is 3.10. The summed E-state index contributed by atoms with van der Waals surface area (Å²) in [5.41, 5.74) is 6.82. The molecule has 0 amide bonds. The zero-order chi connectivity index (χ0) is 14.5. The lowest BCUT2D eigenvalue weighted by atomic mass is 9.88.